The van der Waals surface area contributed by atoms with Gasteiger partial charge in [0.2, 0.25) is 0 Å². The maximum Gasteiger partial charge on any atom is 0.194 e. The van der Waals surface area contributed by atoms with Crippen LogP contribution in [-0.2, 0) is 0 Å². The SMILES string of the molecule is C#CCSCCN=C(N)Nc1ccccn1. The first-order chi connectivity index (χ1) is 7.83. The third-order valence-corrected chi connectivity index (χ3v) is 2.47. The summed E-state index contributed by atoms with van der Waals surface area (Å²) in [7, 11) is 0. The van der Waals surface area contributed by atoms with Gasteiger partial charge in [-0.25, -0.2) is 4.98 Å². The third kappa shape index (κ3) is 5.27. The number of thioether (sulfide) groups is 1. The summed E-state index contributed by atoms with van der Waals surface area (Å²) in [5, 5.41) is 2.90. The summed E-state index contributed by atoms with van der Waals surface area (Å²) in [4.78, 5) is 8.22. The molecule has 16 heavy (non-hydrogen) atoms. The minimum atomic E-state index is 0.375. The Morgan fingerprint density at radius 1 is 1.62 bits per heavy atom. The van der Waals surface area contributed by atoms with Gasteiger partial charge in [0, 0.05) is 11.9 Å². The number of terminal acetylenes is 1. The summed E-state index contributed by atoms with van der Waals surface area (Å²) in [6, 6.07) is 5.55. The quantitative estimate of drug-likeness (QED) is 0.347. The van der Waals surface area contributed by atoms with Crippen LogP contribution in [0.3, 0.4) is 0 Å². The molecule has 0 fully saturated rings. The molecule has 0 atom stereocenters. The van der Waals surface area contributed by atoms with Crippen LogP contribution in [0.1, 0.15) is 0 Å². The lowest BCUT2D eigenvalue weighted by atomic mass is 10.5. The first-order valence-electron chi connectivity index (χ1n) is 4.82. The Morgan fingerprint density at radius 2 is 2.50 bits per heavy atom. The first kappa shape index (κ1) is 12.4. The van der Waals surface area contributed by atoms with E-state index in [1.165, 1.54) is 0 Å². The van der Waals surface area contributed by atoms with Crippen molar-refractivity contribution >= 4 is 23.5 Å². The largest absolute Gasteiger partial charge is 0.370 e. The van der Waals surface area contributed by atoms with Crippen LogP contribution in [0.2, 0.25) is 0 Å². The average molecular weight is 234 g/mol. The molecule has 0 aliphatic carbocycles. The highest BCUT2D eigenvalue weighted by Crippen LogP contribution is 1.99. The highest BCUT2D eigenvalue weighted by Gasteiger charge is 1.93. The Labute approximate surface area is 99.7 Å². The van der Waals surface area contributed by atoms with Crippen LogP contribution in [0, 0.1) is 12.3 Å². The van der Waals surface area contributed by atoms with Crippen LogP contribution < -0.4 is 11.1 Å². The van der Waals surface area contributed by atoms with E-state index in [0.29, 0.717) is 24.1 Å². The molecule has 0 aromatic carbocycles. The highest BCUT2D eigenvalue weighted by molar-refractivity contribution is 7.99. The summed E-state index contributed by atoms with van der Waals surface area (Å²) in [6.07, 6.45) is 6.81. The van der Waals surface area contributed by atoms with Crippen LogP contribution in [0.15, 0.2) is 29.4 Å². The number of anilines is 1. The second-order valence-corrected chi connectivity index (χ2v) is 3.97. The van der Waals surface area contributed by atoms with Crippen molar-refractivity contribution in [1.29, 1.82) is 0 Å². The van der Waals surface area contributed by atoms with Crippen molar-refractivity contribution in [2.24, 2.45) is 10.7 Å². The standard InChI is InChI=1S/C11H14N4S/c1-2-8-16-9-7-14-11(12)15-10-5-3-4-6-13-10/h1,3-6H,7-9H2,(H3,12,13,14,15). The lowest BCUT2D eigenvalue weighted by Crippen LogP contribution is -2.23. The molecule has 1 heterocycles. The Kier molecular flexibility index (Phi) is 5.89. The minimum Gasteiger partial charge on any atom is -0.370 e. The van der Waals surface area contributed by atoms with Crippen LogP contribution >= 0.6 is 11.8 Å². The molecule has 0 bridgehead atoms. The van der Waals surface area contributed by atoms with Crippen molar-refractivity contribution in [1.82, 2.24) is 4.98 Å². The molecule has 0 saturated carbocycles. The minimum absolute atomic E-state index is 0.375. The molecule has 0 spiro atoms. The van der Waals surface area contributed by atoms with Crippen molar-refractivity contribution < 1.29 is 0 Å². The number of nitrogens with two attached hydrogens (primary N) is 1. The molecule has 0 amide bonds. The molecule has 0 aliphatic heterocycles. The average Bonchev–Trinajstić information content (AvgIpc) is 2.30. The molecule has 0 unspecified atom stereocenters. The van der Waals surface area contributed by atoms with E-state index in [1.54, 1.807) is 18.0 Å². The van der Waals surface area contributed by atoms with E-state index in [0.717, 1.165) is 5.75 Å². The summed E-state index contributed by atoms with van der Waals surface area (Å²) in [5.74, 6) is 5.20. The van der Waals surface area contributed by atoms with Crippen LogP contribution in [0.4, 0.5) is 5.82 Å². The lowest BCUT2D eigenvalue weighted by Gasteiger charge is -2.03. The molecular weight excluding hydrogens is 220 g/mol. The van der Waals surface area contributed by atoms with Crippen molar-refractivity contribution in [2.45, 2.75) is 0 Å². The molecule has 3 N–H and O–H groups in total. The Hall–Kier alpha value is -1.67. The van der Waals surface area contributed by atoms with Crippen molar-refractivity contribution in [2.75, 3.05) is 23.4 Å². The summed E-state index contributed by atoms with van der Waals surface area (Å²) >= 11 is 1.66. The number of guanidine groups is 1. The number of rotatable bonds is 5. The van der Waals surface area contributed by atoms with Gasteiger partial charge in [0.15, 0.2) is 5.96 Å². The molecule has 0 aliphatic rings. The molecule has 1 aromatic heterocycles. The van der Waals surface area contributed by atoms with Crippen LogP contribution in [0.25, 0.3) is 0 Å². The predicted octanol–water partition coefficient (Wildman–Crippen LogP) is 1.17. The molecular formula is C11H14N4S. The van der Waals surface area contributed by atoms with Crippen LogP contribution in [-0.4, -0.2) is 29.0 Å². The normalized spacial score (nSPS) is 10.8. The fourth-order valence-electron chi connectivity index (χ4n) is 0.969. The molecule has 1 rings (SSSR count). The fraction of sp³-hybridized carbons (Fsp3) is 0.273. The molecule has 1 aromatic rings. The molecule has 4 nitrogen and oxygen atoms in total. The van der Waals surface area contributed by atoms with E-state index in [9.17, 15) is 0 Å². The number of hydrogen-bond donors (Lipinski definition) is 2. The van der Waals surface area contributed by atoms with Gasteiger partial charge in [-0.2, -0.15) is 0 Å². The number of pyridine rings is 1. The van der Waals surface area contributed by atoms with Gasteiger partial charge in [-0.15, -0.1) is 18.2 Å². The van der Waals surface area contributed by atoms with E-state index < -0.39 is 0 Å². The second kappa shape index (κ2) is 7.60. The van der Waals surface area contributed by atoms with E-state index in [1.807, 2.05) is 18.2 Å². The van der Waals surface area contributed by atoms with Gasteiger partial charge in [0.1, 0.15) is 5.82 Å². The van der Waals surface area contributed by atoms with Crippen molar-refractivity contribution in [3.63, 3.8) is 0 Å². The van der Waals surface area contributed by atoms with E-state index >= 15 is 0 Å². The van der Waals surface area contributed by atoms with Gasteiger partial charge in [0.05, 0.1) is 12.3 Å². The van der Waals surface area contributed by atoms with Gasteiger partial charge in [0.25, 0.3) is 0 Å². The van der Waals surface area contributed by atoms with Gasteiger partial charge in [-0.1, -0.05) is 12.0 Å². The van der Waals surface area contributed by atoms with Gasteiger partial charge >= 0.3 is 0 Å². The molecule has 5 heteroatoms. The van der Waals surface area contributed by atoms with Gasteiger partial charge in [-0.3, -0.25) is 4.99 Å². The summed E-state index contributed by atoms with van der Waals surface area (Å²) < 4.78 is 0. The summed E-state index contributed by atoms with van der Waals surface area (Å²) in [6.45, 7) is 0.651. The molecule has 0 radical (unpaired) electrons. The zero-order chi connectivity index (χ0) is 11.6. The smallest absolute Gasteiger partial charge is 0.194 e. The topological polar surface area (TPSA) is 63.3 Å². The van der Waals surface area contributed by atoms with Gasteiger partial charge < -0.3 is 11.1 Å². The fourth-order valence-corrected chi connectivity index (χ4v) is 1.45. The maximum atomic E-state index is 5.67. The van der Waals surface area contributed by atoms with Gasteiger partial charge in [-0.05, 0) is 12.1 Å². The zero-order valence-electron chi connectivity index (χ0n) is 8.89. The predicted molar refractivity (Wildman–Crippen MR) is 70.5 cm³/mol. The Morgan fingerprint density at radius 3 is 3.19 bits per heavy atom. The van der Waals surface area contributed by atoms with Crippen molar-refractivity contribution in [3.05, 3.63) is 24.4 Å². The molecule has 84 valence electrons. The number of aliphatic imine (C=N–C) groups is 1. The van der Waals surface area contributed by atoms with E-state index in [4.69, 9.17) is 12.2 Å². The van der Waals surface area contributed by atoms with E-state index in [-0.39, 0.29) is 0 Å². The monoisotopic (exact) mass is 234 g/mol. The Bertz CT molecular complexity index is 369. The van der Waals surface area contributed by atoms with E-state index in [2.05, 4.69) is 21.2 Å². The second-order valence-electron chi connectivity index (χ2n) is 2.86. The third-order valence-electron chi connectivity index (χ3n) is 1.62. The number of hydrogen-bond acceptors (Lipinski definition) is 3. The molecule has 0 saturated heterocycles. The number of aromatic nitrogens is 1. The first-order valence-corrected chi connectivity index (χ1v) is 5.97. The lowest BCUT2D eigenvalue weighted by molar-refractivity contribution is 1.13. The number of nitrogens with zero attached hydrogens (tertiary/aromatic N) is 2. The maximum absolute atomic E-state index is 5.67. The van der Waals surface area contributed by atoms with Crippen molar-refractivity contribution in [3.8, 4) is 12.3 Å². The zero-order valence-corrected chi connectivity index (χ0v) is 9.70. The Balaban J connectivity index is 2.27. The van der Waals surface area contributed by atoms with Crippen LogP contribution in [0.5, 0.6) is 0 Å². The highest BCUT2D eigenvalue weighted by atomic mass is 32.2. The number of nitrogens with one attached hydrogen (secondary N) is 1. The summed E-state index contributed by atoms with van der Waals surface area (Å²) in [5.41, 5.74) is 5.67.